The van der Waals surface area contributed by atoms with Gasteiger partial charge in [-0.1, -0.05) is 24.3 Å². The minimum absolute atomic E-state index is 0.0390. The number of carbonyl (C=O) groups excluding carboxylic acids is 1. The van der Waals surface area contributed by atoms with Gasteiger partial charge >= 0.3 is 0 Å². The molecule has 8 heteroatoms. The van der Waals surface area contributed by atoms with Gasteiger partial charge in [0.2, 0.25) is 5.91 Å². The number of rotatable bonds is 7. The maximum Gasteiger partial charge on any atom is 0.269 e. The van der Waals surface area contributed by atoms with Crippen molar-refractivity contribution in [3.63, 3.8) is 0 Å². The van der Waals surface area contributed by atoms with Gasteiger partial charge in [0.05, 0.1) is 16.4 Å². The number of non-ortho nitro benzene ring substituents is 1. The van der Waals surface area contributed by atoms with Crippen LogP contribution in [0.25, 0.3) is 0 Å². The van der Waals surface area contributed by atoms with Gasteiger partial charge in [-0.05, 0) is 30.2 Å². The summed E-state index contributed by atoms with van der Waals surface area (Å²) in [4.78, 5) is 21.9. The average molecular weight is 361 g/mol. The Labute approximate surface area is 148 Å². The van der Waals surface area contributed by atoms with Crippen LogP contribution < -0.4 is 5.43 Å². The van der Waals surface area contributed by atoms with Gasteiger partial charge in [0.25, 0.3) is 5.69 Å². The zero-order valence-electron chi connectivity index (χ0n) is 13.4. The van der Waals surface area contributed by atoms with Crippen LogP contribution in [0.3, 0.4) is 0 Å². The number of amides is 1. The Morgan fingerprint density at radius 2 is 1.84 bits per heavy atom. The van der Waals surface area contributed by atoms with Crippen LogP contribution in [-0.2, 0) is 10.5 Å². The minimum atomic E-state index is -0.453. The molecule has 0 aliphatic carbocycles. The van der Waals surface area contributed by atoms with Crippen LogP contribution in [0.1, 0.15) is 18.1 Å². The predicted molar refractivity (Wildman–Crippen MR) is 96.0 cm³/mol. The number of hydrazone groups is 1. The second-order valence-electron chi connectivity index (χ2n) is 5.16. The third-order valence-corrected chi connectivity index (χ3v) is 4.26. The molecule has 0 aromatic heterocycles. The van der Waals surface area contributed by atoms with Crippen molar-refractivity contribution < 1.29 is 14.1 Å². The molecule has 2 rings (SSSR count). The highest BCUT2D eigenvalue weighted by Gasteiger charge is 2.06. The summed E-state index contributed by atoms with van der Waals surface area (Å²) in [6, 6.07) is 12.0. The van der Waals surface area contributed by atoms with E-state index < -0.39 is 4.92 Å². The van der Waals surface area contributed by atoms with E-state index in [1.165, 1.54) is 36.0 Å². The molecule has 1 N–H and O–H groups in total. The smallest absolute Gasteiger partial charge is 0.269 e. The molecule has 0 aliphatic heterocycles. The number of hydrogen-bond acceptors (Lipinski definition) is 5. The number of nitrogens with one attached hydrogen (secondary N) is 1. The SMILES string of the molecule is C/C(=N/NC(=O)CSCc1ccc([N+](=O)[O-])cc1)c1ccc(F)cc1. The molecule has 0 fully saturated rings. The Morgan fingerprint density at radius 3 is 2.44 bits per heavy atom. The monoisotopic (exact) mass is 361 g/mol. The van der Waals surface area contributed by atoms with Crippen LogP contribution in [0, 0.1) is 15.9 Å². The van der Waals surface area contributed by atoms with Gasteiger partial charge in [-0.25, -0.2) is 9.82 Å². The van der Waals surface area contributed by atoms with E-state index in [0.717, 1.165) is 11.1 Å². The van der Waals surface area contributed by atoms with Crippen molar-refractivity contribution in [3.05, 3.63) is 75.6 Å². The lowest BCUT2D eigenvalue weighted by Gasteiger charge is -2.04. The van der Waals surface area contributed by atoms with Crippen LogP contribution in [0.2, 0.25) is 0 Å². The Hall–Kier alpha value is -2.74. The van der Waals surface area contributed by atoms with Crippen LogP contribution in [0.4, 0.5) is 10.1 Å². The first-order chi connectivity index (χ1) is 12.0. The molecule has 0 heterocycles. The van der Waals surface area contributed by atoms with E-state index in [0.29, 0.717) is 11.5 Å². The molecule has 0 bridgehead atoms. The lowest BCUT2D eigenvalue weighted by Crippen LogP contribution is -2.21. The van der Waals surface area contributed by atoms with Gasteiger partial charge in [-0.15, -0.1) is 11.8 Å². The number of benzene rings is 2. The lowest BCUT2D eigenvalue weighted by atomic mass is 10.1. The first-order valence-electron chi connectivity index (χ1n) is 7.36. The molecule has 130 valence electrons. The molecule has 2 aromatic carbocycles. The average Bonchev–Trinajstić information content (AvgIpc) is 2.60. The Balaban J connectivity index is 1.77. The van der Waals surface area contributed by atoms with Gasteiger partial charge in [-0.3, -0.25) is 14.9 Å². The molecule has 0 unspecified atom stereocenters. The molecule has 0 radical (unpaired) electrons. The molecular weight excluding hydrogens is 345 g/mol. The fraction of sp³-hybridized carbons (Fsp3) is 0.176. The first-order valence-corrected chi connectivity index (χ1v) is 8.51. The van der Waals surface area contributed by atoms with Crippen LogP contribution in [0.5, 0.6) is 0 Å². The fourth-order valence-corrected chi connectivity index (χ4v) is 2.69. The van der Waals surface area contributed by atoms with Gasteiger partial charge in [0, 0.05) is 17.9 Å². The molecule has 0 saturated carbocycles. The van der Waals surface area contributed by atoms with Crippen LogP contribution in [-0.4, -0.2) is 22.3 Å². The molecular formula is C17H16FN3O3S. The maximum absolute atomic E-state index is 12.9. The summed E-state index contributed by atoms with van der Waals surface area (Å²) < 4.78 is 12.9. The van der Waals surface area contributed by atoms with Crippen LogP contribution in [0.15, 0.2) is 53.6 Å². The van der Waals surface area contributed by atoms with E-state index in [1.54, 1.807) is 31.2 Å². The third-order valence-electron chi connectivity index (χ3n) is 3.26. The third kappa shape index (κ3) is 6.00. The number of nitro benzene ring substituents is 1. The van der Waals surface area contributed by atoms with E-state index in [2.05, 4.69) is 10.5 Å². The lowest BCUT2D eigenvalue weighted by molar-refractivity contribution is -0.384. The summed E-state index contributed by atoms with van der Waals surface area (Å²) in [6.45, 7) is 1.72. The summed E-state index contributed by atoms with van der Waals surface area (Å²) >= 11 is 1.38. The van der Waals surface area contributed by atoms with Gasteiger partial charge in [0.1, 0.15) is 5.82 Å². The van der Waals surface area contributed by atoms with E-state index >= 15 is 0 Å². The van der Waals surface area contributed by atoms with Crippen molar-refractivity contribution in [2.75, 3.05) is 5.75 Å². The number of thioether (sulfide) groups is 1. The molecule has 6 nitrogen and oxygen atoms in total. The standard InChI is InChI=1S/C17H16FN3O3S/c1-12(14-4-6-15(18)7-5-14)19-20-17(22)11-25-10-13-2-8-16(9-3-13)21(23)24/h2-9H,10-11H2,1H3,(H,20,22)/b19-12-. The summed E-state index contributed by atoms with van der Waals surface area (Å²) in [5.41, 5.74) is 4.69. The highest BCUT2D eigenvalue weighted by Crippen LogP contribution is 2.16. The normalized spacial score (nSPS) is 11.2. The second kappa shape index (κ2) is 8.93. The van der Waals surface area contributed by atoms with Crippen molar-refractivity contribution in [2.45, 2.75) is 12.7 Å². The largest absolute Gasteiger partial charge is 0.272 e. The zero-order chi connectivity index (χ0) is 18.2. The van der Waals surface area contributed by atoms with Gasteiger partial charge in [-0.2, -0.15) is 5.10 Å². The van der Waals surface area contributed by atoms with Crippen molar-refractivity contribution in [2.24, 2.45) is 5.10 Å². The van der Waals surface area contributed by atoms with Crippen molar-refractivity contribution in [1.29, 1.82) is 0 Å². The number of hydrogen-bond donors (Lipinski definition) is 1. The van der Waals surface area contributed by atoms with Crippen molar-refractivity contribution in [3.8, 4) is 0 Å². The first kappa shape index (κ1) is 18.6. The minimum Gasteiger partial charge on any atom is -0.272 e. The fourth-order valence-electron chi connectivity index (χ4n) is 1.91. The molecule has 0 spiro atoms. The van der Waals surface area contributed by atoms with Crippen molar-refractivity contribution in [1.82, 2.24) is 5.43 Å². The van der Waals surface area contributed by atoms with Gasteiger partial charge in [0.15, 0.2) is 0 Å². The molecule has 1 amide bonds. The summed E-state index contributed by atoms with van der Waals surface area (Å²) in [7, 11) is 0. The molecule has 0 aliphatic rings. The maximum atomic E-state index is 12.9. The zero-order valence-corrected chi connectivity index (χ0v) is 14.3. The summed E-state index contributed by atoms with van der Waals surface area (Å²) in [6.07, 6.45) is 0. The molecule has 25 heavy (non-hydrogen) atoms. The number of carbonyl (C=O) groups is 1. The number of halogens is 1. The van der Waals surface area contributed by atoms with E-state index in [4.69, 9.17) is 0 Å². The topological polar surface area (TPSA) is 84.6 Å². The number of nitrogens with zero attached hydrogens (tertiary/aromatic N) is 2. The summed E-state index contributed by atoms with van der Waals surface area (Å²) in [5.74, 6) is 0.181. The van der Waals surface area contributed by atoms with Crippen LogP contribution >= 0.6 is 11.8 Å². The quantitative estimate of drug-likeness (QED) is 0.465. The van der Waals surface area contributed by atoms with E-state index in [-0.39, 0.29) is 23.2 Å². The Bertz CT molecular complexity index is 777. The van der Waals surface area contributed by atoms with E-state index in [9.17, 15) is 19.3 Å². The van der Waals surface area contributed by atoms with E-state index in [1.807, 2.05) is 0 Å². The number of nitro groups is 1. The molecule has 0 atom stereocenters. The highest BCUT2D eigenvalue weighted by atomic mass is 32.2. The van der Waals surface area contributed by atoms with Gasteiger partial charge < -0.3 is 0 Å². The highest BCUT2D eigenvalue weighted by molar-refractivity contribution is 7.99. The summed E-state index contributed by atoms with van der Waals surface area (Å²) in [5, 5.41) is 14.6. The predicted octanol–water partition coefficient (Wildman–Crippen LogP) is 3.51. The van der Waals surface area contributed by atoms with Crippen molar-refractivity contribution >= 4 is 29.1 Å². The second-order valence-corrected chi connectivity index (χ2v) is 6.14. The Morgan fingerprint density at radius 1 is 1.20 bits per heavy atom. The molecule has 2 aromatic rings. The molecule has 0 saturated heterocycles. The Kier molecular flexibility index (Phi) is 6.64.